The molecular formula is C24H16Br2F10N2O2. The van der Waals surface area contributed by atoms with Crippen molar-refractivity contribution in [1.29, 1.82) is 0 Å². The van der Waals surface area contributed by atoms with E-state index in [1.165, 1.54) is 6.07 Å². The number of nitrogens with one attached hydrogen (secondary N) is 2. The third-order valence-corrected chi connectivity index (χ3v) is 6.66. The Morgan fingerprint density at radius 2 is 1.50 bits per heavy atom. The SMILES string of the molecule is O=C(NC1(C(=O)NCC(F)(F)F)CC1)c1ccc(C(F)=CC(c2cc(Br)cc(Br)c2)C(F)(F)F)cc1C(F)(F)F. The van der Waals surface area contributed by atoms with Gasteiger partial charge in [-0.2, -0.15) is 39.5 Å². The molecule has 0 heterocycles. The minimum Gasteiger partial charge on any atom is -0.345 e. The number of carbonyl (C=O) groups excluding carboxylic acids is 2. The molecule has 2 aromatic carbocycles. The van der Waals surface area contributed by atoms with Crippen molar-refractivity contribution in [2.75, 3.05) is 6.54 Å². The smallest absolute Gasteiger partial charge is 0.345 e. The third-order valence-electron chi connectivity index (χ3n) is 5.74. The number of alkyl halides is 9. The van der Waals surface area contributed by atoms with E-state index in [0.717, 1.165) is 12.1 Å². The lowest BCUT2D eigenvalue weighted by atomic mass is 9.95. The second kappa shape index (κ2) is 11.3. The number of carbonyl (C=O) groups is 2. The highest BCUT2D eigenvalue weighted by Gasteiger charge is 2.52. The molecule has 16 heteroatoms. The Bertz CT molecular complexity index is 1310. The maximum atomic E-state index is 15.0. The first-order valence-electron chi connectivity index (χ1n) is 11.0. The van der Waals surface area contributed by atoms with E-state index in [1.54, 1.807) is 5.32 Å². The van der Waals surface area contributed by atoms with Crippen molar-refractivity contribution < 1.29 is 53.5 Å². The standard InChI is InChI=1S/C24H16Br2F10N2O2/c25-13-5-12(6-14(26)8-13)16(23(31,32)33)9-18(27)11-1-2-15(17(7-11)24(34,35)36)19(39)38-21(3-4-21)20(40)37-10-22(28,29)30/h1-2,5-9,16H,3-4,10H2,(H,37,40)(H,38,39). The van der Waals surface area contributed by atoms with Crippen LogP contribution in [0.15, 0.2) is 51.4 Å². The van der Waals surface area contributed by atoms with Gasteiger partial charge in [0.2, 0.25) is 5.91 Å². The summed E-state index contributed by atoms with van der Waals surface area (Å²) in [6, 6.07) is 4.81. The molecule has 0 aliphatic heterocycles. The maximum absolute atomic E-state index is 15.0. The van der Waals surface area contributed by atoms with Crippen molar-refractivity contribution in [2.24, 2.45) is 0 Å². The Kier molecular flexibility index (Phi) is 9.04. The van der Waals surface area contributed by atoms with Crippen molar-refractivity contribution in [3.63, 3.8) is 0 Å². The minimum atomic E-state index is -5.29. The zero-order valence-corrected chi connectivity index (χ0v) is 22.8. The molecule has 3 rings (SSSR count). The molecule has 1 aliphatic carbocycles. The van der Waals surface area contributed by atoms with Gasteiger partial charge in [0.25, 0.3) is 5.91 Å². The summed E-state index contributed by atoms with van der Waals surface area (Å²) in [4.78, 5) is 24.7. The number of rotatable bonds is 7. The summed E-state index contributed by atoms with van der Waals surface area (Å²) in [7, 11) is 0. The van der Waals surface area contributed by atoms with Gasteiger partial charge in [-0.1, -0.05) is 37.9 Å². The van der Waals surface area contributed by atoms with Crippen LogP contribution >= 0.6 is 31.9 Å². The van der Waals surface area contributed by atoms with Crippen LogP contribution in [0.5, 0.6) is 0 Å². The molecule has 0 radical (unpaired) electrons. The van der Waals surface area contributed by atoms with Crippen molar-refractivity contribution in [1.82, 2.24) is 10.6 Å². The maximum Gasteiger partial charge on any atom is 0.417 e. The molecule has 2 amide bonds. The lowest BCUT2D eigenvalue weighted by Gasteiger charge is -2.20. The monoisotopic (exact) mass is 712 g/mol. The summed E-state index contributed by atoms with van der Waals surface area (Å²) in [5.74, 6) is -6.96. The fourth-order valence-corrected chi connectivity index (χ4v) is 5.00. The van der Waals surface area contributed by atoms with Crippen LogP contribution in [0.3, 0.4) is 0 Å². The van der Waals surface area contributed by atoms with E-state index in [1.807, 2.05) is 5.32 Å². The molecule has 1 fully saturated rings. The quantitative estimate of drug-likeness (QED) is 0.288. The normalized spacial score (nSPS) is 16.4. The fourth-order valence-electron chi connectivity index (χ4n) is 3.67. The number of halogens is 12. The molecule has 218 valence electrons. The van der Waals surface area contributed by atoms with Gasteiger partial charge in [0.05, 0.1) is 11.1 Å². The first-order chi connectivity index (χ1) is 18.2. The number of hydrogen-bond acceptors (Lipinski definition) is 2. The first-order valence-corrected chi connectivity index (χ1v) is 12.6. The molecule has 40 heavy (non-hydrogen) atoms. The number of amides is 2. The lowest BCUT2D eigenvalue weighted by Crippen LogP contribution is -2.51. The molecule has 0 aromatic heterocycles. The predicted molar refractivity (Wildman–Crippen MR) is 130 cm³/mol. The molecule has 4 nitrogen and oxygen atoms in total. The van der Waals surface area contributed by atoms with Crippen LogP contribution in [0, 0.1) is 0 Å². The van der Waals surface area contributed by atoms with Gasteiger partial charge in [-0.25, -0.2) is 4.39 Å². The van der Waals surface area contributed by atoms with Gasteiger partial charge in [-0.3, -0.25) is 9.59 Å². The number of allylic oxidation sites excluding steroid dienone is 1. The summed E-state index contributed by atoms with van der Waals surface area (Å²) in [6.07, 6.45) is -15.3. The van der Waals surface area contributed by atoms with Gasteiger partial charge in [0, 0.05) is 14.5 Å². The van der Waals surface area contributed by atoms with Gasteiger partial charge >= 0.3 is 18.5 Å². The van der Waals surface area contributed by atoms with Crippen LogP contribution in [-0.2, 0) is 11.0 Å². The zero-order valence-electron chi connectivity index (χ0n) is 19.6. The average Bonchev–Trinajstić information content (AvgIpc) is 3.58. The largest absolute Gasteiger partial charge is 0.417 e. The molecule has 2 aromatic rings. The Morgan fingerprint density at radius 3 is 1.98 bits per heavy atom. The van der Waals surface area contributed by atoms with Crippen LogP contribution in [0.2, 0.25) is 0 Å². The fraction of sp³-hybridized carbons (Fsp3) is 0.333. The van der Waals surface area contributed by atoms with E-state index in [2.05, 4.69) is 31.9 Å². The highest BCUT2D eigenvalue weighted by atomic mass is 79.9. The Balaban J connectivity index is 1.94. The van der Waals surface area contributed by atoms with E-state index in [9.17, 15) is 53.5 Å². The molecule has 2 N–H and O–H groups in total. The molecule has 0 saturated heterocycles. The van der Waals surface area contributed by atoms with Gasteiger partial charge in [0.15, 0.2) is 0 Å². The average molecular weight is 714 g/mol. The van der Waals surface area contributed by atoms with Gasteiger partial charge in [-0.05, 0) is 54.8 Å². The van der Waals surface area contributed by atoms with Gasteiger partial charge in [-0.15, -0.1) is 0 Å². The topological polar surface area (TPSA) is 58.2 Å². The van der Waals surface area contributed by atoms with Crippen LogP contribution in [0.1, 0.15) is 45.8 Å². The second-order valence-electron chi connectivity index (χ2n) is 8.83. The van der Waals surface area contributed by atoms with Gasteiger partial charge < -0.3 is 10.6 Å². The van der Waals surface area contributed by atoms with Crippen molar-refractivity contribution >= 4 is 49.5 Å². The van der Waals surface area contributed by atoms with E-state index in [-0.39, 0.29) is 33.9 Å². The zero-order chi connectivity index (χ0) is 30.3. The summed E-state index contributed by atoms with van der Waals surface area (Å²) >= 11 is 6.03. The molecule has 1 atom stereocenters. The summed E-state index contributed by atoms with van der Waals surface area (Å²) in [5.41, 5.74) is -6.05. The predicted octanol–water partition coefficient (Wildman–Crippen LogP) is 7.83. The number of hydrogen-bond donors (Lipinski definition) is 2. The highest BCUT2D eigenvalue weighted by Crippen LogP contribution is 2.42. The van der Waals surface area contributed by atoms with E-state index < -0.39 is 76.4 Å². The molecule has 0 spiro atoms. The van der Waals surface area contributed by atoms with E-state index >= 15 is 0 Å². The minimum absolute atomic E-state index is 0.0909. The van der Waals surface area contributed by atoms with Crippen LogP contribution in [0.4, 0.5) is 43.9 Å². The van der Waals surface area contributed by atoms with E-state index in [0.29, 0.717) is 12.1 Å². The lowest BCUT2D eigenvalue weighted by molar-refractivity contribution is -0.140. The molecule has 1 aliphatic rings. The molecule has 1 saturated carbocycles. The summed E-state index contributed by atoms with van der Waals surface area (Å²) in [5, 5.41) is 3.53. The summed E-state index contributed by atoms with van der Waals surface area (Å²) in [6.45, 7) is -1.73. The second-order valence-corrected chi connectivity index (χ2v) is 10.7. The number of benzene rings is 2. The first kappa shape index (κ1) is 31.9. The van der Waals surface area contributed by atoms with Crippen LogP contribution in [-0.4, -0.2) is 36.3 Å². The van der Waals surface area contributed by atoms with Crippen molar-refractivity contribution in [3.8, 4) is 0 Å². The van der Waals surface area contributed by atoms with Gasteiger partial charge in [0.1, 0.15) is 23.8 Å². The van der Waals surface area contributed by atoms with Crippen LogP contribution in [0.25, 0.3) is 5.83 Å². The van der Waals surface area contributed by atoms with Crippen molar-refractivity contribution in [3.05, 3.63) is 73.7 Å². The molecular weight excluding hydrogens is 698 g/mol. The van der Waals surface area contributed by atoms with Crippen molar-refractivity contribution in [2.45, 2.75) is 42.8 Å². The Labute approximate surface area is 236 Å². The molecule has 0 bridgehead atoms. The van der Waals surface area contributed by atoms with E-state index in [4.69, 9.17) is 0 Å². The third kappa shape index (κ3) is 7.98. The summed E-state index contributed by atoms with van der Waals surface area (Å²) < 4.78 is 135. The van der Waals surface area contributed by atoms with Crippen LogP contribution < -0.4 is 10.6 Å². The highest BCUT2D eigenvalue weighted by molar-refractivity contribution is 9.11. The Morgan fingerprint density at radius 1 is 0.925 bits per heavy atom. The molecule has 1 unspecified atom stereocenters. The Hall–Kier alpha value is -2.62.